The molecule has 2 aromatic rings. The molecule has 0 saturated heterocycles. The van der Waals surface area contributed by atoms with E-state index in [-0.39, 0.29) is 18.3 Å². The Kier molecular flexibility index (Phi) is 10.3. The molecule has 0 heterocycles. The number of halogens is 1. The maximum Gasteiger partial charge on any atom is 0.333 e. The van der Waals surface area contributed by atoms with E-state index in [9.17, 15) is 19.1 Å². The third kappa shape index (κ3) is 8.87. The average Bonchev–Trinajstić information content (AvgIpc) is 3.37. The van der Waals surface area contributed by atoms with Gasteiger partial charge in [0, 0.05) is 26.1 Å². The summed E-state index contributed by atoms with van der Waals surface area (Å²) >= 11 is 0. The Balaban J connectivity index is 1.51. The van der Waals surface area contributed by atoms with Crippen molar-refractivity contribution in [1.82, 2.24) is 10.2 Å². The Labute approximate surface area is 206 Å². The predicted octanol–water partition coefficient (Wildman–Crippen LogP) is 4.64. The summed E-state index contributed by atoms with van der Waals surface area (Å²) < 4.78 is 24.3. The molecular formula is C27H35FN2O5. The molecule has 35 heavy (non-hydrogen) atoms. The van der Waals surface area contributed by atoms with E-state index in [0.717, 1.165) is 24.0 Å². The van der Waals surface area contributed by atoms with E-state index in [1.165, 1.54) is 25.0 Å². The highest BCUT2D eigenvalue weighted by molar-refractivity contribution is 5.74. The number of benzene rings is 2. The largest absolute Gasteiger partial charge is 0.492 e. The van der Waals surface area contributed by atoms with Crippen LogP contribution in [0.3, 0.4) is 0 Å². The second-order valence-corrected chi connectivity index (χ2v) is 8.86. The zero-order chi connectivity index (χ0) is 25.0. The summed E-state index contributed by atoms with van der Waals surface area (Å²) in [6.45, 7) is 3.91. The van der Waals surface area contributed by atoms with Crippen molar-refractivity contribution >= 4 is 12.0 Å². The first-order valence-corrected chi connectivity index (χ1v) is 12.3. The topological polar surface area (TPSA) is 88.1 Å². The molecule has 2 amide bonds. The van der Waals surface area contributed by atoms with Gasteiger partial charge in [0.2, 0.25) is 0 Å². The van der Waals surface area contributed by atoms with Crippen molar-refractivity contribution in [2.45, 2.75) is 51.7 Å². The summed E-state index contributed by atoms with van der Waals surface area (Å²) in [7, 11) is 0. The van der Waals surface area contributed by atoms with Crippen LogP contribution >= 0.6 is 0 Å². The second kappa shape index (κ2) is 13.7. The number of nitrogens with zero attached hydrogens (tertiary/aromatic N) is 1. The van der Waals surface area contributed by atoms with Crippen molar-refractivity contribution in [3.63, 3.8) is 0 Å². The van der Waals surface area contributed by atoms with Crippen molar-refractivity contribution in [3.8, 4) is 5.75 Å². The molecule has 8 heteroatoms. The fourth-order valence-corrected chi connectivity index (χ4v) is 4.30. The number of carboxylic acid groups (broad SMARTS) is 1. The molecule has 0 aromatic heterocycles. The number of carbonyl (C=O) groups is 2. The van der Waals surface area contributed by atoms with Gasteiger partial charge in [-0.05, 0) is 61.1 Å². The molecule has 3 rings (SSSR count). The van der Waals surface area contributed by atoms with Crippen LogP contribution in [-0.2, 0) is 22.5 Å². The number of hydrogen-bond donors (Lipinski definition) is 2. The molecule has 7 nitrogen and oxygen atoms in total. The minimum atomic E-state index is -0.979. The number of aliphatic carboxylic acids is 1. The molecule has 1 fully saturated rings. The van der Waals surface area contributed by atoms with Crippen molar-refractivity contribution in [3.05, 3.63) is 65.5 Å². The Morgan fingerprint density at radius 1 is 1.09 bits per heavy atom. The second-order valence-electron chi connectivity index (χ2n) is 8.86. The third-order valence-corrected chi connectivity index (χ3v) is 6.22. The van der Waals surface area contributed by atoms with Crippen LogP contribution in [0.2, 0.25) is 0 Å². The Bertz CT molecular complexity index is 930. The van der Waals surface area contributed by atoms with Gasteiger partial charge in [0.05, 0.1) is 6.54 Å². The van der Waals surface area contributed by atoms with Crippen LogP contribution in [0.25, 0.3) is 0 Å². The number of ether oxygens (including phenoxy) is 2. The first-order valence-electron chi connectivity index (χ1n) is 12.3. The first-order chi connectivity index (χ1) is 16.9. The SMILES string of the molecule is CCOC(Cc1ccc(OCCN(CC2CCCC2)C(=O)NCc2ccc(F)cc2)cc1)C(=O)O. The lowest BCUT2D eigenvalue weighted by Gasteiger charge is -2.26. The molecule has 1 unspecified atom stereocenters. The number of hydrogen-bond acceptors (Lipinski definition) is 4. The van der Waals surface area contributed by atoms with Crippen LogP contribution in [0.1, 0.15) is 43.7 Å². The van der Waals surface area contributed by atoms with Gasteiger partial charge in [-0.15, -0.1) is 0 Å². The maximum absolute atomic E-state index is 13.1. The highest BCUT2D eigenvalue weighted by Crippen LogP contribution is 2.25. The van der Waals surface area contributed by atoms with Crippen LogP contribution in [0, 0.1) is 11.7 Å². The first kappa shape index (κ1) is 26.5. The molecule has 1 saturated carbocycles. The highest BCUT2D eigenvalue weighted by atomic mass is 19.1. The molecule has 1 aliphatic rings. The molecule has 0 radical (unpaired) electrons. The Morgan fingerprint density at radius 3 is 2.37 bits per heavy atom. The number of carboxylic acids is 1. The van der Waals surface area contributed by atoms with Gasteiger partial charge in [0.25, 0.3) is 0 Å². The van der Waals surface area contributed by atoms with Gasteiger partial charge in [-0.25, -0.2) is 14.0 Å². The smallest absolute Gasteiger partial charge is 0.333 e. The highest BCUT2D eigenvalue weighted by Gasteiger charge is 2.22. The van der Waals surface area contributed by atoms with Crippen molar-refractivity contribution in [1.29, 1.82) is 0 Å². The fourth-order valence-electron chi connectivity index (χ4n) is 4.30. The number of urea groups is 1. The van der Waals surface area contributed by atoms with E-state index >= 15 is 0 Å². The van der Waals surface area contributed by atoms with Crippen LogP contribution in [0.4, 0.5) is 9.18 Å². The Morgan fingerprint density at radius 2 is 1.74 bits per heavy atom. The monoisotopic (exact) mass is 486 g/mol. The Hall–Kier alpha value is -3.13. The predicted molar refractivity (Wildman–Crippen MR) is 131 cm³/mol. The summed E-state index contributed by atoms with van der Waals surface area (Å²) in [5.74, 6) is -0.126. The van der Waals surface area contributed by atoms with Crippen molar-refractivity contribution in [2.24, 2.45) is 5.92 Å². The van der Waals surface area contributed by atoms with Gasteiger partial charge in [-0.1, -0.05) is 37.1 Å². The zero-order valence-electron chi connectivity index (χ0n) is 20.2. The van der Waals surface area contributed by atoms with Gasteiger partial charge in [-0.3, -0.25) is 0 Å². The third-order valence-electron chi connectivity index (χ3n) is 6.22. The van der Waals surface area contributed by atoms with E-state index in [0.29, 0.717) is 44.5 Å². The van der Waals surface area contributed by atoms with Gasteiger partial charge in [0.15, 0.2) is 6.10 Å². The summed E-state index contributed by atoms with van der Waals surface area (Å²) in [6.07, 6.45) is 4.07. The minimum Gasteiger partial charge on any atom is -0.492 e. The van der Waals surface area contributed by atoms with E-state index < -0.39 is 12.1 Å². The summed E-state index contributed by atoms with van der Waals surface area (Å²) in [4.78, 5) is 26.0. The number of nitrogens with one attached hydrogen (secondary N) is 1. The molecule has 2 aromatic carbocycles. The summed E-state index contributed by atoms with van der Waals surface area (Å²) in [5, 5.41) is 12.2. The van der Waals surface area contributed by atoms with Crippen LogP contribution in [0.5, 0.6) is 5.75 Å². The zero-order valence-corrected chi connectivity index (χ0v) is 20.2. The van der Waals surface area contributed by atoms with Gasteiger partial charge in [0.1, 0.15) is 18.2 Å². The van der Waals surface area contributed by atoms with Crippen LogP contribution in [-0.4, -0.2) is 54.4 Å². The molecule has 2 N–H and O–H groups in total. The maximum atomic E-state index is 13.1. The standard InChI is InChI=1S/C27H35FN2O5/c1-2-34-25(26(31)32)17-20-9-13-24(14-10-20)35-16-15-30(19-22-5-3-4-6-22)27(33)29-18-21-7-11-23(28)12-8-21/h7-14,22,25H,2-6,15-19H2,1H3,(H,29,33)(H,31,32). The average molecular weight is 487 g/mol. The van der Waals surface area contributed by atoms with E-state index in [2.05, 4.69) is 5.32 Å². The molecule has 0 aliphatic heterocycles. The molecular weight excluding hydrogens is 451 g/mol. The molecule has 1 atom stereocenters. The summed E-state index contributed by atoms with van der Waals surface area (Å²) in [5.41, 5.74) is 1.69. The lowest BCUT2D eigenvalue weighted by atomic mass is 10.1. The molecule has 190 valence electrons. The quantitative estimate of drug-likeness (QED) is 0.431. The summed E-state index contributed by atoms with van der Waals surface area (Å²) in [6, 6.07) is 13.2. The van der Waals surface area contributed by atoms with E-state index in [1.54, 1.807) is 36.1 Å². The lowest BCUT2D eigenvalue weighted by molar-refractivity contribution is -0.149. The van der Waals surface area contributed by atoms with Crippen LogP contribution < -0.4 is 10.1 Å². The van der Waals surface area contributed by atoms with E-state index in [4.69, 9.17) is 9.47 Å². The molecule has 0 bridgehead atoms. The van der Waals surface area contributed by atoms with Gasteiger partial charge >= 0.3 is 12.0 Å². The number of amides is 2. The number of carbonyl (C=O) groups excluding carboxylic acids is 1. The number of rotatable bonds is 13. The normalized spacial score (nSPS) is 14.5. The van der Waals surface area contributed by atoms with Gasteiger partial charge in [-0.2, -0.15) is 0 Å². The van der Waals surface area contributed by atoms with Crippen LogP contribution in [0.15, 0.2) is 48.5 Å². The molecule has 0 spiro atoms. The molecule has 1 aliphatic carbocycles. The van der Waals surface area contributed by atoms with E-state index in [1.807, 2.05) is 12.1 Å². The lowest BCUT2D eigenvalue weighted by Crippen LogP contribution is -2.44. The fraction of sp³-hybridized carbons (Fsp3) is 0.481. The van der Waals surface area contributed by atoms with Crippen molar-refractivity contribution < 1.29 is 28.6 Å². The van der Waals surface area contributed by atoms with Gasteiger partial charge < -0.3 is 24.8 Å². The minimum absolute atomic E-state index is 0.157. The van der Waals surface area contributed by atoms with Crippen molar-refractivity contribution in [2.75, 3.05) is 26.3 Å².